The molecule has 0 aliphatic heterocycles. The number of anilines is 1. The molecular formula is C21H22N2O3S2. The van der Waals surface area contributed by atoms with Crippen LogP contribution in [0.1, 0.15) is 39.9 Å². The van der Waals surface area contributed by atoms with E-state index in [1.165, 1.54) is 40.0 Å². The second-order valence-electron chi connectivity index (χ2n) is 6.64. The number of benzene rings is 1. The Hall–Kier alpha value is -2.30. The predicted molar refractivity (Wildman–Crippen MR) is 112 cm³/mol. The summed E-state index contributed by atoms with van der Waals surface area (Å²) < 4.78 is 5.21. The molecule has 0 spiro atoms. The molecule has 0 radical (unpaired) electrons. The van der Waals surface area contributed by atoms with Gasteiger partial charge in [0.05, 0.1) is 17.5 Å². The van der Waals surface area contributed by atoms with Crippen LogP contribution in [0.5, 0.6) is 0 Å². The molecule has 1 aliphatic carbocycles. The van der Waals surface area contributed by atoms with Crippen molar-refractivity contribution in [1.82, 2.24) is 0 Å². The number of carbonyl (C=O) groups is 2. The minimum atomic E-state index is -0.449. The number of nitrogens with zero attached hydrogens (tertiary/aromatic N) is 1. The smallest absolute Gasteiger partial charge is 0.348 e. The fourth-order valence-corrected chi connectivity index (χ4v) is 5.01. The predicted octanol–water partition coefficient (Wildman–Crippen LogP) is 4.67. The van der Waals surface area contributed by atoms with Gasteiger partial charge in [0.2, 0.25) is 0 Å². The van der Waals surface area contributed by atoms with Gasteiger partial charge in [0.25, 0.3) is 5.91 Å². The number of rotatable bonds is 7. The summed E-state index contributed by atoms with van der Waals surface area (Å²) >= 11 is 2.83. The van der Waals surface area contributed by atoms with Gasteiger partial charge in [0, 0.05) is 9.77 Å². The molecule has 1 atom stereocenters. The Morgan fingerprint density at radius 1 is 1.39 bits per heavy atom. The number of nitriles is 1. The molecule has 1 aromatic carbocycles. The van der Waals surface area contributed by atoms with Gasteiger partial charge in [-0.25, -0.2) is 4.79 Å². The van der Waals surface area contributed by atoms with Crippen molar-refractivity contribution in [3.8, 4) is 6.07 Å². The number of para-hydroxylation sites is 1. The molecule has 28 heavy (non-hydrogen) atoms. The molecule has 146 valence electrons. The number of carbonyl (C=O) groups excluding carboxylic acids is 2. The molecule has 0 bridgehead atoms. The summed E-state index contributed by atoms with van der Waals surface area (Å²) in [4.78, 5) is 27.2. The summed E-state index contributed by atoms with van der Waals surface area (Å²) in [7, 11) is 0. The number of amides is 1. The third-order valence-electron chi connectivity index (χ3n) is 4.75. The highest BCUT2D eigenvalue weighted by atomic mass is 32.2. The average molecular weight is 415 g/mol. The highest BCUT2D eigenvalue weighted by Gasteiger charge is 2.23. The van der Waals surface area contributed by atoms with Crippen LogP contribution < -0.4 is 5.32 Å². The minimum absolute atomic E-state index is 0.295. The second kappa shape index (κ2) is 9.76. The first kappa shape index (κ1) is 20.4. The van der Waals surface area contributed by atoms with E-state index in [1.807, 2.05) is 18.2 Å². The summed E-state index contributed by atoms with van der Waals surface area (Å²) in [5.74, 6) is 0.139. The second-order valence-corrected chi connectivity index (χ2v) is 8.80. The first-order valence-electron chi connectivity index (χ1n) is 9.28. The summed E-state index contributed by atoms with van der Waals surface area (Å²) in [6.45, 7) is 1.86. The molecule has 3 rings (SSSR count). The molecule has 1 aliphatic rings. The zero-order chi connectivity index (χ0) is 19.9. The van der Waals surface area contributed by atoms with Gasteiger partial charge in [-0.3, -0.25) is 4.79 Å². The van der Waals surface area contributed by atoms with E-state index in [-0.39, 0.29) is 6.61 Å². The quantitative estimate of drug-likeness (QED) is 0.526. The molecule has 0 unspecified atom stereocenters. The van der Waals surface area contributed by atoms with Crippen LogP contribution in [0.15, 0.2) is 35.2 Å². The molecule has 0 fully saturated rings. The average Bonchev–Trinajstić information content (AvgIpc) is 3.14. The summed E-state index contributed by atoms with van der Waals surface area (Å²) in [5, 5.41) is 11.5. The van der Waals surface area contributed by atoms with Gasteiger partial charge in [-0.1, -0.05) is 25.5 Å². The van der Waals surface area contributed by atoms with Gasteiger partial charge in [-0.05, 0) is 48.9 Å². The van der Waals surface area contributed by atoms with Gasteiger partial charge < -0.3 is 10.1 Å². The minimum Gasteiger partial charge on any atom is -0.451 e. The normalized spacial score (nSPS) is 15.4. The molecule has 0 saturated carbocycles. The van der Waals surface area contributed by atoms with Crippen LogP contribution in [0.3, 0.4) is 0 Å². The van der Waals surface area contributed by atoms with Gasteiger partial charge in [-0.15, -0.1) is 23.1 Å². The van der Waals surface area contributed by atoms with Crippen molar-refractivity contribution in [2.24, 2.45) is 5.92 Å². The molecule has 1 N–H and O–H groups in total. The standard InChI is InChI=1S/C21H22N2O3S2/c1-2-14-7-8-17-15(11-14)12-19(28-17)21(25)26-13-20(24)23-16-5-3-4-6-18(16)27-10-9-22/h3-6,12,14H,2,7-8,10-11,13H2,1H3,(H,23,24)/t14-/m1/s1. The van der Waals surface area contributed by atoms with Gasteiger partial charge in [0.15, 0.2) is 6.61 Å². The first-order valence-corrected chi connectivity index (χ1v) is 11.1. The molecule has 2 aromatic rings. The molecular weight excluding hydrogens is 392 g/mol. The molecule has 5 nitrogen and oxygen atoms in total. The summed E-state index contributed by atoms with van der Waals surface area (Å²) in [6, 6.07) is 11.2. The van der Waals surface area contributed by atoms with Gasteiger partial charge >= 0.3 is 5.97 Å². The van der Waals surface area contributed by atoms with Crippen molar-refractivity contribution in [2.75, 3.05) is 17.7 Å². The zero-order valence-electron chi connectivity index (χ0n) is 15.7. The maximum atomic E-state index is 12.3. The molecule has 7 heteroatoms. The Balaban J connectivity index is 1.55. The van der Waals surface area contributed by atoms with E-state index in [4.69, 9.17) is 10.00 Å². The van der Waals surface area contributed by atoms with Gasteiger partial charge in [0.1, 0.15) is 4.88 Å². The third-order valence-corrected chi connectivity index (χ3v) is 6.91. The lowest BCUT2D eigenvalue weighted by atomic mass is 9.87. The van der Waals surface area contributed by atoms with E-state index in [0.717, 1.165) is 24.2 Å². The fraction of sp³-hybridized carbons (Fsp3) is 0.381. The largest absolute Gasteiger partial charge is 0.451 e. The Kier molecular flexibility index (Phi) is 7.12. The van der Waals surface area contributed by atoms with Crippen LogP contribution in [-0.2, 0) is 22.4 Å². The van der Waals surface area contributed by atoms with Gasteiger partial charge in [-0.2, -0.15) is 5.26 Å². The van der Waals surface area contributed by atoms with Crippen molar-refractivity contribution in [3.63, 3.8) is 0 Å². The topological polar surface area (TPSA) is 79.2 Å². The molecule has 1 amide bonds. The number of aryl methyl sites for hydroxylation is 1. The summed E-state index contributed by atoms with van der Waals surface area (Å²) in [6.07, 6.45) is 4.37. The molecule has 1 heterocycles. The number of ether oxygens (including phenoxy) is 1. The molecule has 1 aromatic heterocycles. The highest BCUT2D eigenvalue weighted by molar-refractivity contribution is 7.99. The van der Waals surface area contributed by atoms with Crippen LogP contribution in [0, 0.1) is 17.2 Å². The van der Waals surface area contributed by atoms with Crippen LogP contribution in [-0.4, -0.2) is 24.2 Å². The maximum absolute atomic E-state index is 12.3. The van der Waals surface area contributed by atoms with Crippen LogP contribution in [0.2, 0.25) is 0 Å². The number of hydrogen-bond donors (Lipinski definition) is 1. The van der Waals surface area contributed by atoms with E-state index in [0.29, 0.717) is 22.2 Å². The van der Waals surface area contributed by atoms with Crippen molar-refractivity contribution in [3.05, 3.63) is 45.6 Å². The monoisotopic (exact) mass is 414 g/mol. The number of hydrogen-bond acceptors (Lipinski definition) is 6. The lowest BCUT2D eigenvalue weighted by Gasteiger charge is -2.19. The van der Waals surface area contributed by atoms with Crippen molar-refractivity contribution >= 4 is 40.7 Å². The van der Waals surface area contributed by atoms with Crippen molar-refractivity contribution in [1.29, 1.82) is 5.26 Å². The summed E-state index contributed by atoms with van der Waals surface area (Å²) in [5.41, 5.74) is 1.86. The number of fused-ring (bicyclic) bond motifs is 1. The Labute approximate surface area is 173 Å². The van der Waals surface area contributed by atoms with Crippen LogP contribution in [0.25, 0.3) is 0 Å². The highest BCUT2D eigenvalue weighted by Crippen LogP contribution is 2.33. The van der Waals surface area contributed by atoms with Crippen molar-refractivity contribution in [2.45, 2.75) is 37.5 Å². The number of esters is 1. The van der Waals surface area contributed by atoms with Crippen LogP contribution in [0.4, 0.5) is 5.69 Å². The van der Waals surface area contributed by atoms with Crippen LogP contribution >= 0.6 is 23.1 Å². The van der Waals surface area contributed by atoms with E-state index >= 15 is 0 Å². The third kappa shape index (κ3) is 5.15. The Morgan fingerprint density at radius 3 is 3.00 bits per heavy atom. The van der Waals surface area contributed by atoms with E-state index < -0.39 is 11.9 Å². The first-order chi connectivity index (χ1) is 13.6. The van der Waals surface area contributed by atoms with E-state index in [9.17, 15) is 9.59 Å². The number of thiophene rings is 1. The SMILES string of the molecule is CC[C@@H]1CCc2sc(C(=O)OCC(=O)Nc3ccccc3SCC#N)cc2C1. The number of thioether (sulfide) groups is 1. The lowest BCUT2D eigenvalue weighted by Crippen LogP contribution is -2.21. The Bertz CT molecular complexity index is 901. The number of nitrogens with one attached hydrogen (secondary N) is 1. The lowest BCUT2D eigenvalue weighted by molar-refractivity contribution is -0.119. The van der Waals surface area contributed by atoms with E-state index in [2.05, 4.69) is 18.3 Å². The Morgan fingerprint density at radius 2 is 2.21 bits per heavy atom. The fourth-order valence-electron chi connectivity index (χ4n) is 3.24. The molecule has 0 saturated heterocycles. The zero-order valence-corrected chi connectivity index (χ0v) is 17.3. The maximum Gasteiger partial charge on any atom is 0.348 e. The van der Waals surface area contributed by atoms with E-state index in [1.54, 1.807) is 12.1 Å². The van der Waals surface area contributed by atoms with Crippen molar-refractivity contribution < 1.29 is 14.3 Å².